The van der Waals surface area contributed by atoms with Crippen molar-refractivity contribution in [2.75, 3.05) is 7.11 Å². The summed E-state index contributed by atoms with van der Waals surface area (Å²) in [5.41, 5.74) is -0.772. The van der Waals surface area contributed by atoms with Gasteiger partial charge in [0.15, 0.2) is 17.7 Å². The van der Waals surface area contributed by atoms with Crippen LogP contribution in [0.3, 0.4) is 0 Å². The number of unbranched alkanes of at least 4 members (excludes halogenated alkanes) is 1. The van der Waals surface area contributed by atoms with E-state index in [1.54, 1.807) is 6.08 Å². The molecule has 0 saturated heterocycles. The van der Waals surface area contributed by atoms with Crippen LogP contribution in [0.5, 0.6) is 5.75 Å². The molecular weight excluding hydrogens is 250 g/mol. The number of aliphatic hydroxyl groups is 1. The van der Waals surface area contributed by atoms with Crippen LogP contribution in [0.15, 0.2) is 15.3 Å². The van der Waals surface area contributed by atoms with Gasteiger partial charge in [-0.3, -0.25) is 9.59 Å². The summed E-state index contributed by atoms with van der Waals surface area (Å²) >= 11 is 0. The predicted octanol–water partition coefficient (Wildman–Crippen LogP) is 1.20. The third-order valence-corrected chi connectivity index (χ3v) is 2.80. The molecule has 0 unspecified atom stereocenters. The maximum Gasteiger partial charge on any atom is 0.261 e. The van der Waals surface area contributed by atoms with Gasteiger partial charge in [-0.1, -0.05) is 19.4 Å². The summed E-state index contributed by atoms with van der Waals surface area (Å²) in [5, 5.41) is 11.8. The minimum absolute atomic E-state index is 0.0321. The molecule has 1 aromatic heterocycles. The van der Waals surface area contributed by atoms with Crippen LogP contribution in [-0.2, 0) is 0 Å². The van der Waals surface area contributed by atoms with Crippen molar-refractivity contribution in [3.8, 4) is 5.75 Å². The van der Waals surface area contributed by atoms with E-state index in [2.05, 4.69) is 5.32 Å². The molecule has 0 bridgehead atoms. The van der Waals surface area contributed by atoms with Gasteiger partial charge in [0.1, 0.15) is 5.56 Å². The second-order valence-electron chi connectivity index (χ2n) is 4.13. The number of amides is 1. The summed E-state index contributed by atoms with van der Waals surface area (Å²) in [6.45, 7) is 2.02. The Balaban J connectivity index is 2.57. The number of fused-ring (bicyclic) bond motifs is 1. The zero-order valence-electron chi connectivity index (χ0n) is 10.7. The standard InChI is InChI=1S/C13H15NO5/c1-3-4-5-6-7-10(18-2)9(15)8-11(19-7)13(17)14-12(8)16/h5-6,13,17H,3-4H2,1-2H3,(H,14,16)/b6-5+/t13-/m1/s1. The molecule has 6 nitrogen and oxygen atoms in total. The fourth-order valence-electron chi connectivity index (χ4n) is 1.88. The molecule has 1 amide bonds. The van der Waals surface area contributed by atoms with Gasteiger partial charge in [-0.2, -0.15) is 0 Å². The van der Waals surface area contributed by atoms with Crippen LogP contribution in [0, 0.1) is 0 Å². The van der Waals surface area contributed by atoms with Gasteiger partial charge >= 0.3 is 0 Å². The van der Waals surface area contributed by atoms with E-state index >= 15 is 0 Å². The number of ether oxygens (including phenoxy) is 1. The Kier molecular flexibility index (Phi) is 3.71. The number of carbonyl (C=O) groups excluding carboxylic acids is 1. The molecule has 2 heterocycles. The lowest BCUT2D eigenvalue weighted by atomic mass is 10.2. The average molecular weight is 265 g/mol. The van der Waals surface area contributed by atoms with Gasteiger partial charge in [0.05, 0.1) is 7.11 Å². The third-order valence-electron chi connectivity index (χ3n) is 2.80. The topological polar surface area (TPSA) is 88.8 Å². The first-order valence-electron chi connectivity index (χ1n) is 6.00. The van der Waals surface area contributed by atoms with Crippen LogP contribution in [-0.4, -0.2) is 18.1 Å². The van der Waals surface area contributed by atoms with Gasteiger partial charge in [-0.15, -0.1) is 0 Å². The smallest absolute Gasteiger partial charge is 0.261 e. The Morgan fingerprint density at radius 1 is 1.47 bits per heavy atom. The van der Waals surface area contributed by atoms with Crippen molar-refractivity contribution in [3.05, 3.63) is 33.4 Å². The maximum absolute atomic E-state index is 12.1. The first-order valence-corrected chi connectivity index (χ1v) is 6.00. The third kappa shape index (κ3) is 2.26. The molecular formula is C13H15NO5. The molecule has 0 aliphatic carbocycles. The Labute approximate surface area is 109 Å². The molecule has 0 radical (unpaired) electrons. The highest BCUT2D eigenvalue weighted by molar-refractivity contribution is 5.98. The van der Waals surface area contributed by atoms with E-state index in [0.717, 1.165) is 12.8 Å². The number of allylic oxidation sites excluding steroid dienone is 1. The number of methoxy groups -OCH3 is 1. The minimum atomic E-state index is -1.29. The first kappa shape index (κ1) is 13.4. The van der Waals surface area contributed by atoms with E-state index in [1.165, 1.54) is 7.11 Å². The molecule has 1 aliphatic rings. The molecule has 2 rings (SSSR count). The molecule has 1 aliphatic heterocycles. The summed E-state index contributed by atoms with van der Waals surface area (Å²) in [6.07, 6.45) is 3.93. The van der Waals surface area contributed by atoms with Gasteiger partial charge in [-0.05, 0) is 12.5 Å². The highest BCUT2D eigenvalue weighted by Crippen LogP contribution is 2.27. The Morgan fingerprint density at radius 3 is 2.84 bits per heavy atom. The Hall–Kier alpha value is -2.08. The fraction of sp³-hybridized carbons (Fsp3) is 0.385. The van der Waals surface area contributed by atoms with Crippen LogP contribution >= 0.6 is 0 Å². The lowest BCUT2D eigenvalue weighted by Gasteiger charge is -2.06. The molecule has 0 saturated carbocycles. The zero-order valence-corrected chi connectivity index (χ0v) is 10.7. The van der Waals surface area contributed by atoms with Crippen molar-refractivity contribution < 1.29 is 19.1 Å². The number of hydrogen-bond donors (Lipinski definition) is 2. The van der Waals surface area contributed by atoms with Crippen molar-refractivity contribution in [2.24, 2.45) is 0 Å². The normalized spacial score (nSPS) is 17.6. The van der Waals surface area contributed by atoms with Crippen LogP contribution in [0.1, 0.15) is 47.9 Å². The largest absolute Gasteiger partial charge is 0.490 e. The molecule has 0 fully saturated rings. The SMILES string of the molecule is CCC/C=C/c1oc2c(c(=O)c1OC)C(=O)N[C@@H]2O. The minimum Gasteiger partial charge on any atom is -0.490 e. The van der Waals surface area contributed by atoms with Crippen molar-refractivity contribution in [1.82, 2.24) is 5.32 Å². The van der Waals surface area contributed by atoms with Crippen LogP contribution in [0.2, 0.25) is 0 Å². The van der Waals surface area contributed by atoms with Crippen molar-refractivity contribution >= 4 is 12.0 Å². The summed E-state index contributed by atoms with van der Waals surface area (Å²) in [5.74, 6) is -0.545. The van der Waals surface area contributed by atoms with Gasteiger partial charge < -0.3 is 19.6 Å². The molecule has 1 atom stereocenters. The number of carbonyl (C=O) groups is 1. The lowest BCUT2D eigenvalue weighted by Crippen LogP contribution is -2.21. The molecule has 6 heteroatoms. The van der Waals surface area contributed by atoms with Crippen molar-refractivity contribution in [2.45, 2.75) is 26.0 Å². The van der Waals surface area contributed by atoms with Crippen molar-refractivity contribution in [1.29, 1.82) is 0 Å². The van der Waals surface area contributed by atoms with E-state index in [0.29, 0.717) is 0 Å². The van der Waals surface area contributed by atoms with E-state index in [1.807, 2.05) is 13.0 Å². The summed E-state index contributed by atoms with van der Waals surface area (Å²) in [4.78, 5) is 23.6. The van der Waals surface area contributed by atoms with Gasteiger partial charge in [0, 0.05) is 0 Å². The van der Waals surface area contributed by atoms with Crippen LogP contribution in [0.4, 0.5) is 0 Å². The second-order valence-corrected chi connectivity index (χ2v) is 4.13. The van der Waals surface area contributed by atoms with Gasteiger partial charge in [0.2, 0.25) is 11.2 Å². The summed E-state index contributed by atoms with van der Waals surface area (Å²) in [6, 6.07) is 0. The highest BCUT2D eigenvalue weighted by atomic mass is 16.5. The van der Waals surface area contributed by atoms with Crippen LogP contribution in [0.25, 0.3) is 6.08 Å². The predicted molar refractivity (Wildman–Crippen MR) is 67.9 cm³/mol. The Morgan fingerprint density at radius 2 is 2.21 bits per heavy atom. The van der Waals surface area contributed by atoms with E-state index < -0.39 is 17.6 Å². The monoisotopic (exact) mass is 265 g/mol. The molecule has 102 valence electrons. The zero-order chi connectivity index (χ0) is 14.0. The summed E-state index contributed by atoms with van der Waals surface area (Å²) < 4.78 is 10.4. The quantitative estimate of drug-likeness (QED) is 0.853. The lowest BCUT2D eigenvalue weighted by molar-refractivity contribution is 0.0820. The molecule has 1 aromatic rings. The number of aliphatic hydroxyl groups excluding tert-OH is 1. The van der Waals surface area contributed by atoms with Crippen molar-refractivity contribution in [3.63, 3.8) is 0 Å². The van der Waals surface area contributed by atoms with E-state index in [4.69, 9.17) is 9.15 Å². The molecule has 0 aromatic carbocycles. The first-order chi connectivity index (χ1) is 9.10. The van der Waals surface area contributed by atoms with Crippen LogP contribution < -0.4 is 15.5 Å². The molecule has 19 heavy (non-hydrogen) atoms. The number of rotatable bonds is 4. The fourth-order valence-corrected chi connectivity index (χ4v) is 1.88. The van der Waals surface area contributed by atoms with E-state index in [9.17, 15) is 14.7 Å². The second kappa shape index (κ2) is 5.27. The number of nitrogens with one attached hydrogen (secondary N) is 1. The molecule has 2 N–H and O–H groups in total. The summed E-state index contributed by atoms with van der Waals surface area (Å²) in [7, 11) is 1.33. The van der Waals surface area contributed by atoms with Gasteiger partial charge in [0.25, 0.3) is 5.91 Å². The van der Waals surface area contributed by atoms with E-state index in [-0.39, 0.29) is 22.8 Å². The number of hydrogen-bond acceptors (Lipinski definition) is 5. The average Bonchev–Trinajstić information content (AvgIpc) is 2.65. The molecule has 0 spiro atoms. The Bertz CT molecular complexity index is 587. The highest BCUT2D eigenvalue weighted by Gasteiger charge is 2.35. The van der Waals surface area contributed by atoms with Gasteiger partial charge in [-0.25, -0.2) is 0 Å². The maximum atomic E-state index is 12.1.